The molecule has 2 unspecified atom stereocenters. The van der Waals surface area contributed by atoms with E-state index in [-0.39, 0.29) is 5.92 Å². The second-order valence-electron chi connectivity index (χ2n) is 4.64. The molecular formula is C10H19NO2. The molecule has 2 aliphatic rings. The fourth-order valence-electron chi connectivity index (χ4n) is 2.64. The quantitative estimate of drug-likeness (QED) is 0.620. The summed E-state index contributed by atoms with van der Waals surface area (Å²) in [4.78, 5) is 2.28. The van der Waals surface area contributed by atoms with Gasteiger partial charge in [0.05, 0.1) is 0 Å². The van der Waals surface area contributed by atoms with Crippen molar-refractivity contribution in [2.75, 3.05) is 20.1 Å². The highest BCUT2D eigenvalue weighted by atomic mass is 16.5. The van der Waals surface area contributed by atoms with E-state index >= 15 is 0 Å². The lowest BCUT2D eigenvalue weighted by molar-refractivity contribution is -0.106. The van der Waals surface area contributed by atoms with E-state index in [0.717, 1.165) is 19.5 Å². The van der Waals surface area contributed by atoms with E-state index in [1.54, 1.807) is 0 Å². The molecule has 1 saturated heterocycles. The van der Waals surface area contributed by atoms with E-state index in [4.69, 9.17) is 0 Å². The predicted octanol–water partition coefficient (Wildman–Crippen LogP) is 0.275. The molecule has 0 radical (unpaired) electrons. The number of rotatable bonds is 3. The number of hydrogen-bond acceptors (Lipinski definition) is 3. The topological polar surface area (TPSA) is 43.7 Å². The van der Waals surface area contributed by atoms with Crippen LogP contribution in [0.3, 0.4) is 0 Å². The zero-order valence-electron chi connectivity index (χ0n) is 8.19. The first-order chi connectivity index (χ1) is 6.18. The van der Waals surface area contributed by atoms with Crippen molar-refractivity contribution in [3.8, 4) is 0 Å². The van der Waals surface area contributed by atoms with Crippen LogP contribution in [0.1, 0.15) is 19.3 Å². The van der Waals surface area contributed by atoms with Crippen LogP contribution < -0.4 is 0 Å². The molecule has 13 heavy (non-hydrogen) atoms. The number of likely N-dealkylation sites (tertiary alicyclic amines) is 1. The Balaban J connectivity index is 1.94. The van der Waals surface area contributed by atoms with Crippen LogP contribution in [0.15, 0.2) is 0 Å². The monoisotopic (exact) mass is 185 g/mol. The van der Waals surface area contributed by atoms with Crippen molar-refractivity contribution in [3.05, 3.63) is 0 Å². The average Bonchev–Trinajstić information content (AvgIpc) is 2.76. The summed E-state index contributed by atoms with van der Waals surface area (Å²) in [5.74, 6) is 1.25. The Kier molecular flexibility index (Phi) is 2.58. The van der Waals surface area contributed by atoms with Gasteiger partial charge in [-0.2, -0.15) is 0 Å². The first-order valence-electron chi connectivity index (χ1n) is 5.23. The predicted molar refractivity (Wildman–Crippen MR) is 50.0 cm³/mol. The fraction of sp³-hybridized carbons (Fsp3) is 1.00. The standard InChI is InChI=1S/C10H19NO2/c1-11-5-4-8(6-11)9(10(12)13)7-2-3-7/h7-10,12-13H,2-6H2,1H3. The zero-order chi connectivity index (χ0) is 9.42. The molecule has 2 N–H and O–H groups in total. The second-order valence-corrected chi connectivity index (χ2v) is 4.64. The lowest BCUT2D eigenvalue weighted by Crippen LogP contribution is -2.31. The maximum atomic E-state index is 9.31. The van der Waals surface area contributed by atoms with Gasteiger partial charge in [-0.1, -0.05) is 0 Å². The van der Waals surface area contributed by atoms with Crippen LogP contribution in [-0.2, 0) is 0 Å². The lowest BCUT2D eigenvalue weighted by Gasteiger charge is -2.24. The van der Waals surface area contributed by atoms with Crippen molar-refractivity contribution in [2.45, 2.75) is 25.6 Å². The Morgan fingerprint density at radius 2 is 1.85 bits per heavy atom. The SMILES string of the molecule is CN1CCC(C(C(O)O)C2CC2)C1. The molecule has 1 saturated carbocycles. The van der Waals surface area contributed by atoms with Gasteiger partial charge in [-0.25, -0.2) is 0 Å². The van der Waals surface area contributed by atoms with Crippen molar-refractivity contribution >= 4 is 0 Å². The average molecular weight is 185 g/mol. The van der Waals surface area contributed by atoms with Crippen LogP contribution >= 0.6 is 0 Å². The summed E-state index contributed by atoms with van der Waals surface area (Å²) in [6, 6.07) is 0. The maximum Gasteiger partial charge on any atom is 0.154 e. The van der Waals surface area contributed by atoms with E-state index in [1.807, 2.05) is 0 Å². The molecule has 1 heterocycles. The fourth-order valence-corrected chi connectivity index (χ4v) is 2.64. The molecule has 3 nitrogen and oxygen atoms in total. The molecule has 0 amide bonds. The molecule has 0 bridgehead atoms. The van der Waals surface area contributed by atoms with Crippen LogP contribution in [0.25, 0.3) is 0 Å². The van der Waals surface area contributed by atoms with Gasteiger partial charge < -0.3 is 15.1 Å². The van der Waals surface area contributed by atoms with Crippen molar-refractivity contribution < 1.29 is 10.2 Å². The third kappa shape index (κ3) is 2.03. The van der Waals surface area contributed by atoms with E-state index in [2.05, 4.69) is 11.9 Å². The smallest absolute Gasteiger partial charge is 0.154 e. The summed E-state index contributed by atoms with van der Waals surface area (Å²) < 4.78 is 0. The first kappa shape index (κ1) is 9.44. The molecule has 1 aliphatic carbocycles. The van der Waals surface area contributed by atoms with Gasteiger partial charge in [0.2, 0.25) is 0 Å². The molecule has 0 aromatic rings. The minimum absolute atomic E-state index is 0.143. The Morgan fingerprint density at radius 1 is 1.15 bits per heavy atom. The molecule has 2 fully saturated rings. The van der Waals surface area contributed by atoms with Crippen LogP contribution in [0, 0.1) is 17.8 Å². The highest BCUT2D eigenvalue weighted by molar-refractivity contribution is 4.90. The maximum absolute atomic E-state index is 9.31. The van der Waals surface area contributed by atoms with Gasteiger partial charge in [0.1, 0.15) is 0 Å². The third-order valence-electron chi connectivity index (χ3n) is 3.48. The Morgan fingerprint density at radius 3 is 2.23 bits per heavy atom. The van der Waals surface area contributed by atoms with Crippen molar-refractivity contribution in [3.63, 3.8) is 0 Å². The molecule has 0 spiro atoms. The van der Waals surface area contributed by atoms with Crippen molar-refractivity contribution in [2.24, 2.45) is 17.8 Å². The van der Waals surface area contributed by atoms with Crippen LogP contribution in [0.5, 0.6) is 0 Å². The van der Waals surface area contributed by atoms with Crippen LogP contribution in [-0.4, -0.2) is 41.5 Å². The van der Waals surface area contributed by atoms with Gasteiger partial charge in [-0.3, -0.25) is 0 Å². The summed E-state index contributed by atoms with van der Waals surface area (Å²) in [6.07, 6.45) is 2.43. The minimum Gasteiger partial charge on any atom is -0.368 e. The third-order valence-corrected chi connectivity index (χ3v) is 3.48. The van der Waals surface area contributed by atoms with E-state index < -0.39 is 6.29 Å². The summed E-state index contributed by atoms with van der Waals surface area (Å²) in [5.41, 5.74) is 0. The van der Waals surface area contributed by atoms with Gasteiger partial charge in [0, 0.05) is 12.5 Å². The molecule has 0 aromatic heterocycles. The van der Waals surface area contributed by atoms with E-state index in [9.17, 15) is 10.2 Å². The van der Waals surface area contributed by atoms with E-state index in [1.165, 1.54) is 12.8 Å². The number of aliphatic hydroxyl groups is 2. The molecule has 2 atom stereocenters. The lowest BCUT2D eigenvalue weighted by atomic mass is 9.87. The molecular weight excluding hydrogens is 166 g/mol. The number of hydrogen-bond donors (Lipinski definition) is 2. The summed E-state index contributed by atoms with van der Waals surface area (Å²) in [7, 11) is 2.10. The number of nitrogens with zero attached hydrogens (tertiary/aromatic N) is 1. The molecule has 0 aromatic carbocycles. The largest absolute Gasteiger partial charge is 0.368 e. The van der Waals surface area contributed by atoms with E-state index in [0.29, 0.717) is 11.8 Å². The van der Waals surface area contributed by atoms with Crippen molar-refractivity contribution in [1.29, 1.82) is 0 Å². The first-order valence-corrected chi connectivity index (χ1v) is 5.23. The van der Waals surface area contributed by atoms with Gasteiger partial charge in [-0.05, 0) is 44.7 Å². The molecule has 76 valence electrons. The normalized spacial score (nSPS) is 32.8. The molecule has 3 heteroatoms. The molecule has 1 aliphatic heterocycles. The van der Waals surface area contributed by atoms with Gasteiger partial charge in [0.25, 0.3) is 0 Å². The summed E-state index contributed by atoms with van der Waals surface area (Å²) in [5, 5.41) is 18.6. The van der Waals surface area contributed by atoms with Crippen LogP contribution in [0.4, 0.5) is 0 Å². The van der Waals surface area contributed by atoms with Crippen LogP contribution in [0.2, 0.25) is 0 Å². The highest BCUT2D eigenvalue weighted by Crippen LogP contribution is 2.44. The van der Waals surface area contributed by atoms with Gasteiger partial charge in [-0.15, -0.1) is 0 Å². The second kappa shape index (κ2) is 3.56. The van der Waals surface area contributed by atoms with Crippen molar-refractivity contribution in [1.82, 2.24) is 4.90 Å². The minimum atomic E-state index is -1.09. The summed E-state index contributed by atoms with van der Waals surface area (Å²) >= 11 is 0. The Labute approximate surface area is 79.4 Å². The number of aliphatic hydroxyl groups excluding tert-OH is 1. The van der Waals surface area contributed by atoms with Gasteiger partial charge in [0.15, 0.2) is 6.29 Å². The summed E-state index contributed by atoms with van der Waals surface area (Å²) in [6.45, 7) is 2.15. The molecule has 2 rings (SSSR count). The van der Waals surface area contributed by atoms with Gasteiger partial charge >= 0.3 is 0 Å². The zero-order valence-corrected chi connectivity index (χ0v) is 8.19. The Hall–Kier alpha value is -0.120. The highest BCUT2D eigenvalue weighted by Gasteiger charge is 2.42. The Bertz CT molecular complexity index is 178.